The SMILES string of the molecule is O=C(CNC(=O)c1ccco1)Nc1nc2ccc(Cl)cc2s1. The Balaban J connectivity index is 1.59. The smallest absolute Gasteiger partial charge is 0.287 e. The Morgan fingerprint density at radius 3 is 2.95 bits per heavy atom. The molecule has 0 unspecified atom stereocenters. The lowest BCUT2D eigenvalue weighted by Gasteiger charge is -2.02. The molecule has 6 nitrogen and oxygen atoms in total. The van der Waals surface area contributed by atoms with E-state index in [1.165, 1.54) is 23.7 Å². The highest BCUT2D eigenvalue weighted by Crippen LogP contribution is 2.28. The standard InChI is InChI=1S/C14H10ClN3O3S/c15-8-3-4-9-11(6-8)22-14(17-9)18-12(19)7-16-13(20)10-2-1-5-21-10/h1-6H,7H2,(H,16,20)(H,17,18,19). The van der Waals surface area contributed by atoms with Crippen molar-refractivity contribution in [1.82, 2.24) is 10.3 Å². The quantitative estimate of drug-likeness (QED) is 0.767. The summed E-state index contributed by atoms with van der Waals surface area (Å²) < 4.78 is 5.81. The van der Waals surface area contributed by atoms with Gasteiger partial charge in [0, 0.05) is 5.02 Å². The molecule has 0 aliphatic rings. The zero-order valence-electron chi connectivity index (χ0n) is 11.1. The summed E-state index contributed by atoms with van der Waals surface area (Å²) in [5.74, 6) is -0.663. The average Bonchev–Trinajstić information content (AvgIpc) is 3.13. The number of amides is 2. The van der Waals surface area contributed by atoms with Crippen LogP contribution in [-0.4, -0.2) is 23.3 Å². The largest absolute Gasteiger partial charge is 0.459 e. The van der Waals surface area contributed by atoms with Gasteiger partial charge in [-0.05, 0) is 30.3 Å². The topological polar surface area (TPSA) is 84.2 Å². The minimum absolute atomic E-state index is 0.155. The number of anilines is 1. The molecule has 3 aromatic rings. The molecule has 0 aliphatic carbocycles. The van der Waals surface area contributed by atoms with Gasteiger partial charge in [-0.15, -0.1) is 0 Å². The number of thiazole rings is 1. The molecule has 0 saturated heterocycles. The predicted molar refractivity (Wildman–Crippen MR) is 84.3 cm³/mol. The maximum absolute atomic E-state index is 11.8. The number of fused-ring (bicyclic) bond motifs is 1. The van der Waals surface area contributed by atoms with E-state index in [-0.39, 0.29) is 18.2 Å². The van der Waals surface area contributed by atoms with Crippen LogP contribution in [0.3, 0.4) is 0 Å². The van der Waals surface area contributed by atoms with Gasteiger partial charge in [-0.1, -0.05) is 22.9 Å². The van der Waals surface area contributed by atoms with Crippen LogP contribution in [0, 0.1) is 0 Å². The highest BCUT2D eigenvalue weighted by atomic mass is 35.5. The Kier molecular flexibility index (Phi) is 4.08. The number of hydrogen-bond acceptors (Lipinski definition) is 5. The summed E-state index contributed by atoms with van der Waals surface area (Å²) in [5.41, 5.74) is 0.754. The van der Waals surface area contributed by atoms with Gasteiger partial charge in [0.15, 0.2) is 10.9 Å². The summed E-state index contributed by atoms with van der Waals surface area (Å²) in [6.07, 6.45) is 1.39. The van der Waals surface area contributed by atoms with Gasteiger partial charge in [-0.2, -0.15) is 0 Å². The van der Waals surface area contributed by atoms with Gasteiger partial charge in [-0.3, -0.25) is 9.59 Å². The first-order valence-corrected chi connectivity index (χ1v) is 7.49. The number of nitrogens with zero attached hydrogens (tertiary/aromatic N) is 1. The summed E-state index contributed by atoms with van der Waals surface area (Å²) >= 11 is 7.22. The van der Waals surface area contributed by atoms with Crippen molar-refractivity contribution in [3.63, 3.8) is 0 Å². The van der Waals surface area contributed by atoms with Crippen LogP contribution in [0.2, 0.25) is 5.02 Å². The van der Waals surface area contributed by atoms with Gasteiger partial charge in [0.1, 0.15) is 0 Å². The van der Waals surface area contributed by atoms with E-state index >= 15 is 0 Å². The molecule has 8 heteroatoms. The molecule has 0 bridgehead atoms. The van der Waals surface area contributed by atoms with Crippen LogP contribution in [0.25, 0.3) is 10.2 Å². The molecule has 0 saturated carbocycles. The van der Waals surface area contributed by atoms with E-state index < -0.39 is 5.91 Å². The Morgan fingerprint density at radius 1 is 1.32 bits per heavy atom. The maximum Gasteiger partial charge on any atom is 0.287 e. The maximum atomic E-state index is 11.8. The van der Waals surface area contributed by atoms with Crippen LogP contribution < -0.4 is 10.6 Å². The van der Waals surface area contributed by atoms with E-state index in [1.807, 2.05) is 0 Å². The zero-order valence-corrected chi connectivity index (χ0v) is 12.7. The van der Waals surface area contributed by atoms with Gasteiger partial charge in [0.05, 0.1) is 23.0 Å². The minimum Gasteiger partial charge on any atom is -0.459 e. The molecule has 0 atom stereocenters. The molecule has 1 aromatic carbocycles. The number of aromatic nitrogens is 1. The first-order chi connectivity index (χ1) is 10.6. The number of nitrogens with one attached hydrogen (secondary N) is 2. The van der Waals surface area contributed by atoms with E-state index in [1.54, 1.807) is 24.3 Å². The highest BCUT2D eigenvalue weighted by molar-refractivity contribution is 7.22. The average molecular weight is 336 g/mol. The van der Waals surface area contributed by atoms with E-state index in [0.717, 1.165) is 10.2 Å². The molecule has 112 valence electrons. The van der Waals surface area contributed by atoms with Crippen LogP contribution in [-0.2, 0) is 4.79 Å². The Morgan fingerprint density at radius 2 is 2.18 bits per heavy atom. The Labute approximate surface area is 134 Å². The minimum atomic E-state index is -0.448. The second-order valence-corrected chi connectivity index (χ2v) is 5.81. The zero-order chi connectivity index (χ0) is 15.5. The van der Waals surface area contributed by atoms with Gasteiger partial charge in [0.2, 0.25) is 5.91 Å². The van der Waals surface area contributed by atoms with Crippen molar-refractivity contribution in [3.8, 4) is 0 Å². The number of carbonyl (C=O) groups is 2. The van der Waals surface area contributed by atoms with E-state index in [2.05, 4.69) is 15.6 Å². The van der Waals surface area contributed by atoms with Crippen molar-refractivity contribution in [1.29, 1.82) is 0 Å². The number of halogens is 1. The fourth-order valence-electron chi connectivity index (χ4n) is 1.77. The van der Waals surface area contributed by atoms with E-state index in [9.17, 15) is 9.59 Å². The number of furan rings is 1. The van der Waals surface area contributed by atoms with Crippen molar-refractivity contribution >= 4 is 50.1 Å². The summed E-state index contributed by atoms with van der Waals surface area (Å²) in [7, 11) is 0. The van der Waals surface area contributed by atoms with Crippen molar-refractivity contribution < 1.29 is 14.0 Å². The molecular weight excluding hydrogens is 326 g/mol. The van der Waals surface area contributed by atoms with Gasteiger partial charge >= 0.3 is 0 Å². The van der Waals surface area contributed by atoms with Crippen molar-refractivity contribution in [3.05, 3.63) is 47.4 Å². The lowest BCUT2D eigenvalue weighted by Crippen LogP contribution is -2.32. The summed E-state index contributed by atoms with van der Waals surface area (Å²) in [4.78, 5) is 27.7. The van der Waals surface area contributed by atoms with Gasteiger partial charge < -0.3 is 15.1 Å². The summed E-state index contributed by atoms with van der Waals surface area (Å²) in [6.45, 7) is -0.170. The molecule has 3 rings (SSSR count). The molecule has 0 fully saturated rings. The number of rotatable bonds is 4. The second kappa shape index (κ2) is 6.17. The van der Waals surface area contributed by atoms with E-state index in [0.29, 0.717) is 10.2 Å². The van der Waals surface area contributed by atoms with Crippen molar-refractivity contribution in [2.24, 2.45) is 0 Å². The molecule has 2 N–H and O–H groups in total. The lowest BCUT2D eigenvalue weighted by atomic mass is 10.3. The molecule has 2 aromatic heterocycles. The Bertz CT molecular complexity index is 829. The fourth-order valence-corrected chi connectivity index (χ4v) is 2.93. The third-order valence-corrected chi connectivity index (χ3v) is 3.92. The van der Waals surface area contributed by atoms with Crippen molar-refractivity contribution in [2.45, 2.75) is 0 Å². The van der Waals surface area contributed by atoms with Gasteiger partial charge in [-0.25, -0.2) is 4.98 Å². The molecule has 2 amide bonds. The van der Waals surface area contributed by atoms with Crippen LogP contribution in [0.1, 0.15) is 10.6 Å². The normalized spacial score (nSPS) is 10.6. The molecule has 0 radical (unpaired) electrons. The predicted octanol–water partition coefficient (Wildman–Crippen LogP) is 2.91. The molecule has 2 heterocycles. The molecule has 22 heavy (non-hydrogen) atoms. The first kappa shape index (κ1) is 14.6. The molecule has 0 aliphatic heterocycles. The van der Waals surface area contributed by atoms with E-state index in [4.69, 9.17) is 16.0 Å². The third kappa shape index (κ3) is 3.26. The van der Waals surface area contributed by atoms with Crippen LogP contribution in [0.15, 0.2) is 41.0 Å². The van der Waals surface area contributed by atoms with Crippen LogP contribution >= 0.6 is 22.9 Å². The van der Waals surface area contributed by atoms with Crippen LogP contribution in [0.4, 0.5) is 5.13 Å². The monoisotopic (exact) mass is 335 g/mol. The molecular formula is C14H10ClN3O3S. The van der Waals surface area contributed by atoms with Crippen LogP contribution in [0.5, 0.6) is 0 Å². The highest BCUT2D eigenvalue weighted by Gasteiger charge is 2.12. The number of hydrogen-bond donors (Lipinski definition) is 2. The third-order valence-electron chi connectivity index (χ3n) is 2.75. The summed E-state index contributed by atoms with van der Waals surface area (Å²) in [6, 6.07) is 8.41. The number of carbonyl (C=O) groups excluding carboxylic acids is 2. The first-order valence-electron chi connectivity index (χ1n) is 6.29. The Hall–Kier alpha value is -2.38. The number of benzene rings is 1. The fraction of sp³-hybridized carbons (Fsp3) is 0.0714. The summed E-state index contributed by atoms with van der Waals surface area (Å²) in [5, 5.41) is 6.15. The molecule has 0 spiro atoms. The van der Waals surface area contributed by atoms with Crippen molar-refractivity contribution in [2.75, 3.05) is 11.9 Å². The second-order valence-electron chi connectivity index (χ2n) is 4.34. The lowest BCUT2D eigenvalue weighted by molar-refractivity contribution is -0.115. The van der Waals surface area contributed by atoms with Gasteiger partial charge in [0.25, 0.3) is 5.91 Å².